The quantitative estimate of drug-likeness (QED) is 0.479. The molecule has 1 N–H and O–H groups in total. The minimum atomic E-state index is -0.476. The number of nitrogens with zero attached hydrogens (tertiary/aromatic N) is 3. The molecule has 2 aromatic rings. The van der Waals surface area contributed by atoms with E-state index < -0.39 is 4.92 Å². The normalized spacial score (nSPS) is 12.7. The van der Waals surface area contributed by atoms with Gasteiger partial charge < -0.3 is 5.32 Å². The van der Waals surface area contributed by atoms with E-state index in [-0.39, 0.29) is 17.3 Å². The Kier molecular flexibility index (Phi) is 5.72. The van der Waals surface area contributed by atoms with E-state index in [0.29, 0.717) is 21.8 Å². The van der Waals surface area contributed by atoms with Crippen LogP contribution in [-0.2, 0) is 17.6 Å². The van der Waals surface area contributed by atoms with Crippen molar-refractivity contribution >= 4 is 29.0 Å². The zero-order valence-corrected chi connectivity index (χ0v) is 15.6. The summed E-state index contributed by atoms with van der Waals surface area (Å²) in [4.78, 5) is 27.3. The van der Waals surface area contributed by atoms with E-state index in [9.17, 15) is 20.2 Å². The van der Waals surface area contributed by atoms with Crippen molar-refractivity contribution in [2.75, 3.05) is 11.1 Å². The monoisotopic (exact) mass is 382 g/mol. The lowest BCUT2D eigenvalue weighted by Crippen LogP contribution is -2.15. The third kappa shape index (κ3) is 4.44. The first-order chi connectivity index (χ1) is 13.0. The minimum absolute atomic E-state index is 0.0384. The molecule has 7 nitrogen and oxygen atoms in total. The molecule has 1 aliphatic carbocycles. The third-order valence-electron chi connectivity index (χ3n) is 4.42. The first-order valence-electron chi connectivity index (χ1n) is 8.58. The number of amides is 1. The van der Waals surface area contributed by atoms with Crippen molar-refractivity contribution in [1.29, 1.82) is 5.26 Å². The van der Waals surface area contributed by atoms with E-state index in [4.69, 9.17) is 0 Å². The van der Waals surface area contributed by atoms with Crippen LogP contribution in [0.3, 0.4) is 0 Å². The lowest BCUT2D eigenvalue weighted by Gasteiger charge is -2.16. The Morgan fingerprint density at radius 1 is 1.37 bits per heavy atom. The molecular formula is C19H18N4O3S. The second-order valence-corrected chi connectivity index (χ2v) is 7.33. The summed E-state index contributed by atoms with van der Waals surface area (Å²) in [5.74, 6) is -0.233. The molecule has 27 heavy (non-hydrogen) atoms. The highest BCUT2D eigenvalue weighted by Crippen LogP contribution is 2.28. The van der Waals surface area contributed by atoms with Crippen LogP contribution in [0.25, 0.3) is 0 Å². The Balaban J connectivity index is 1.68. The lowest BCUT2D eigenvalue weighted by atomic mass is 9.95. The summed E-state index contributed by atoms with van der Waals surface area (Å²) in [6.07, 6.45) is 4.03. The molecule has 0 aliphatic heterocycles. The van der Waals surface area contributed by atoms with Crippen LogP contribution in [0.1, 0.15) is 35.2 Å². The molecule has 1 amide bonds. The Bertz CT molecular complexity index is 953. The van der Waals surface area contributed by atoms with E-state index in [2.05, 4.69) is 16.4 Å². The van der Waals surface area contributed by atoms with Gasteiger partial charge in [0.1, 0.15) is 11.1 Å². The van der Waals surface area contributed by atoms with E-state index in [1.807, 2.05) is 6.07 Å². The van der Waals surface area contributed by atoms with Gasteiger partial charge in [0.05, 0.1) is 16.2 Å². The molecule has 1 heterocycles. The molecule has 138 valence electrons. The number of carbonyl (C=O) groups is 1. The predicted molar refractivity (Wildman–Crippen MR) is 103 cm³/mol. The molecule has 0 unspecified atom stereocenters. The second-order valence-electron chi connectivity index (χ2n) is 6.36. The Morgan fingerprint density at radius 2 is 2.15 bits per heavy atom. The van der Waals surface area contributed by atoms with E-state index in [1.54, 1.807) is 19.1 Å². The predicted octanol–water partition coefficient (Wildman–Crippen LogP) is 3.78. The third-order valence-corrected chi connectivity index (χ3v) is 5.41. The first kappa shape index (κ1) is 18.9. The van der Waals surface area contributed by atoms with Crippen LogP contribution >= 0.6 is 11.8 Å². The number of fused-ring (bicyclic) bond motifs is 1. The zero-order chi connectivity index (χ0) is 19.4. The van der Waals surface area contributed by atoms with Crippen molar-refractivity contribution in [2.45, 2.75) is 37.6 Å². The number of carbonyl (C=O) groups excluding carboxylic acids is 1. The summed E-state index contributed by atoms with van der Waals surface area (Å²) >= 11 is 1.21. The molecule has 0 saturated heterocycles. The van der Waals surface area contributed by atoms with Crippen molar-refractivity contribution in [3.8, 4) is 6.07 Å². The number of anilines is 1. The van der Waals surface area contributed by atoms with Crippen molar-refractivity contribution in [2.24, 2.45) is 0 Å². The zero-order valence-electron chi connectivity index (χ0n) is 14.8. The average molecular weight is 382 g/mol. The van der Waals surface area contributed by atoms with Crippen LogP contribution in [0, 0.1) is 28.4 Å². The largest absolute Gasteiger partial charge is 0.325 e. The highest BCUT2D eigenvalue weighted by Gasteiger charge is 2.17. The SMILES string of the molecule is Cc1ccc(NC(=O)CSc2nc3c(cc2C#N)CCCC3)cc1[N+](=O)[O-]. The average Bonchev–Trinajstić information content (AvgIpc) is 2.66. The van der Waals surface area contributed by atoms with Gasteiger partial charge in [-0.2, -0.15) is 5.26 Å². The molecular weight excluding hydrogens is 364 g/mol. The first-order valence-corrected chi connectivity index (χ1v) is 9.57. The molecule has 8 heteroatoms. The molecule has 0 radical (unpaired) electrons. The minimum Gasteiger partial charge on any atom is -0.325 e. The standard InChI is InChI=1S/C19H18N4O3S/c1-12-6-7-15(9-17(12)23(25)26)21-18(24)11-27-19-14(10-20)8-13-4-2-3-5-16(13)22-19/h6-9H,2-5,11H2,1H3,(H,21,24). The van der Waals surface area contributed by atoms with Crippen LogP contribution in [0.4, 0.5) is 11.4 Å². The van der Waals surface area contributed by atoms with Crippen molar-refractivity contribution in [3.05, 3.63) is 56.8 Å². The molecule has 1 aliphatic rings. The van der Waals surface area contributed by atoms with Crippen LogP contribution in [-0.4, -0.2) is 21.6 Å². The Labute approximate surface area is 161 Å². The summed E-state index contributed by atoms with van der Waals surface area (Å²) < 4.78 is 0. The van der Waals surface area contributed by atoms with Crippen LogP contribution in [0.5, 0.6) is 0 Å². The number of benzene rings is 1. The maximum atomic E-state index is 12.2. The van der Waals surface area contributed by atoms with Crippen LogP contribution in [0.2, 0.25) is 0 Å². The Morgan fingerprint density at radius 3 is 2.89 bits per heavy atom. The van der Waals surface area contributed by atoms with Gasteiger partial charge in [-0.3, -0.25) is 14.9 Å². The number of hydrogen-bond donors (Lipinski definition) is 1. The highest BCUT2D eigenvalue weighted by molar-refractivity contribution is 8.00. The molecule has 1 aromatic heterocycles. The molecule has 0 spiro atoms. The summed E-state index contributed by atoms with van der Waals surface area (Å²) in [7, 11) is 0. The van der Waals surface area contributed by atoms with Gasteiger partial charge in [-0.05, 0) is 50.3 Å². The van der Waals surface area contributed by atoms with E-state index >= 15 is 0 Å². The maximum Gasteiger partial charge on any atom is 0.274 e. The van der Waals surface area contributed by atoms with Gasteiger partial charge in [-0.25, -0.2) is 4.98 Å². The number of nitro groups is 1. The smallest absolute Gasteiger partial charge is 0.274 e. The lowest BCUT2D eigenvalue weighted by molar-refractivity contribution is -0.385. The van der Waals surface area contributed by atoms with Gasteiger partial charge in [-0.1, -0.05) is 17.8 Å². The molecule has 1 aromatic carbocycles. The van der Waals surface area contributed by atoms with Crippen LogP contribution < -0.4 is 5.32 Å². The van der Waals surface area contributed by atoms with Gasteiger partial charge >= 0.3 is 0 Å². The Hall–Kier alpha value is -2.92. The number of hydrogen-bond acceptors (Lipinski definition) is 6. The second kappa shape index (κ2) is 8.18. The van der Waals surface area contributed by atoms with Gasteiger partial charge in [-0.15, -0.1) is 0 Å². The number of nitrogens with one attached hydrogen (secondary N) is 1. The van der Waals surface area contributed by atoms with Crippen LogP contribution in [0.15, 0.2) is 29.3 Å². The number of aryl methyl sites for hydroxylation is 3. The van der Waals surface area contributed by atoms with Gasteiger partial charge in [0.25, 0.3) is 5.69 Å². The summed E-state index contributed by atoms with van der Waals surface area (Å²) in [5, 5.41) is 23.6. The summed E-state index contributed by atoms with van der Waals surface area (Å²) in [6.45, 7) is 1.64. The number of nitro benzene ring substituents is 1. The van der Waals surface area contributed by atoms with Crippen molar-refractivity contribution in [3.63, 3.8) is 0 Å². The molecule has 0 saturated carbocycles. The topological polar surface area (TPSA) is 109 Å². The van der Waals surface area contributed by atoms with Gasteiger partial charge in [0, 0.05) is 23.0 Å². The summed E-state index contributed by atoms with van der Waals surface area (Å²) in [6, 6.07) is 8.60. The number of nitriles is 1. The van der Waals surface area contributed by atoms with Gasteiger partial charge in [0.2, 0.25) is 5.91 Å². The summed E-state index contributed by atoms with van der Waals surface area (Å²) in [5.41, 5.74) is 3.49. The molecule has 0 bridgehead atoms. The number of rotatable bonds is 5. The highest BCUT2D eigenvalue weighted by atomic mass is 32.2. The number of aromatic nitrogens is 1. The van der Waals surface area contributed by atoms with Crippen molar-refractivity contribution < 1.29 is 9.72 Å². The molecule has 0 fully saturated rings. The fourth-order valence-electron chi connectivity index (χ4n) is 3.02. The molecule has 3 rings (SSSR count). The van der Waals surface area contributed by atoms with Gasteiger partial charge in [0.15, 0.2) is 0 Å². The fraction of sp³-hybridized carbons (Fsp3) is 0.316. The number of pyridine rings is 1. The molecule has 0 atom stereocenters. The van der Waals surface area contributed by atoms with Crippen molar-refractivity contribution in [1.82, 2.24) is 4.98 Å². The maximum absolute atomic E-state index is 12.2. The fourth-order valence-corrected chi connectivity index (χ4v) is 3.79. The number of thioether (sulfide) groups is 1. The van der Waals surface area contributed by atoms with E-state index in [1.165, 1.54) is 17.8 Å². The van der Waals surface area contributed by atoms with E-state index in [0.717, 1.165) is 36.9 Å².